The van der Waals surface area contributed by atoms with Gasteiger partial charge < -0.3 is 5.32 Å². The van der Waals surface area contributed by atoms with E-state index in [2.05, 4.69) is 5.32 Å². The van der Waals surface area contributed by atoms with Crippen LogP contribution in [0.25, 0.3) is 0 Å². The number of benzene rings is 1. The van der Waals surface area contributed by atoms with Gasteiger partial charge in [-0.25, -0.2) is 8.78 Å². The Labute approximate surface area is 114 Å². The number of hydrogen-bond donors (Lipinski definition) is 1. The smallest absolute Gasteiger partial charge is 0.129 e. The van der Waals surface area contributed by atoms with E-state index in [4.69, 9.17) is 0 Å². The Kier molecular flexibility index (Phi) is 4.92. The minimum atomic E-state index is -0.494. The van der Waals surface area contributed by atoms with Crippen molar-refractivity contribution >= 4 is 0 Å². The minimum Gasteiger partial charge on any atom is -0.320 e. The van der Waals surface area contributed by atoms with Crippen LogP contribution in [0.2, 0.25) is 0 Å². The van der Waals surface area contributed by atoms with Crippen molar-refractivity contribution in [2.75, 3.05) is 13.6 Å². The highest BCUT2D eigenvalue weighted by atomic mass is 19.1. The van der Waals surface area contributed by atoms with Crippen molar-refractivity contribution in [1.82, 2.24) is 5.32 Å². The first-order chi connectivity index (χ1) is 9.15. The molecule has 1 N–H and O–H groups in total. The van der Waals surface area contributed by atoms with Gasteiger partial charge in [0.05, 0.1) is 0 Å². The summed E-state index contributed by atoms with van der Waals surface area (Å²) in [6.07, 6.45) is 7.96. The predicted molar refractivity (Wildman–Crippen MR) is 74.1 cm³/mol. The maximum absolute atomic E-state index is 13.6. The summed E-state index contributed by atoms with van der Waals surface area (Å²) in [5.41, 5.74) is 1.02. The van der Waals surface area contributed by atoms with Crippen LogP contribution in [0, 0.1) is 17.0 Å². The van der Waals surface area contributed by atoms with Gasteiger partial charge in [0.1, 0.15) is 11.6 Å². The molecule has 1 fully saturated rings. The summed E-state index contributed by atoms with van der Waals surface area (Å²) in [6.45, 7) is 1.02. The molecule has 0 heterocycles. The summed E-state index contributed by atoms with van der Waals surface area (Å²) >= 11 is 0. The Bertz CT molecular complexity index is 411. The Morgan fingerprint density at radius 3 is 2.53 bits per heavy atom. The van der Waals surface area contributed by atoms with E-state index in [0.717, 1.165) is 31.9 Å². The monoisotopic (exact) mass is 267 g/mol. The maximum Gasteiger partial charge on any atom is 0.129 e. The van der Waals surface area contributed by atoms with Crippen LogP contribution in [0.1, 0.15) is 44.1 Å². The van der Waals surface area contributed by atoms with Crippen LogP contribution in [0.3, 0.4) is 0 Å². The van der Waals surface area contributed by atoms with Gasteiger partial charge in [-0.3, -0.25) is 0 Å². The SMILES string of the molecule is CNCCC1(CCc2ccc(F)cc2F)CCCC1. The van der Waals surface area contributed by atoms with Crippen molar-refractivity contribution in [3.63, 3.8) is 0 Å². The zero-order valence-electron chi connectivity index (χ0n) is 11.6. The second-order valence-electron chi connectivity index (χ2n) is 5.80. The lowest BCUT2D eigenvalue weighted by molar-refractivity contribution is 0.246. The van der Waals surface area contributed by atoms with Crippen LogP contribution >= 0.6 is 0 Å². The van der Waals surface area contributed by atoms with Crippen LogP contribution in [0.5, 0.6) is 0 Å². The average Bonchev–Trinajstić information content (AvgIpc) is 2.85. The molecule has 1 aromatic carbocycles. The number of hydrogen-bond acceptors (Lipinski definition) is 1. The number of aryl methyl sites for hydroxylation is 1. The molecule has 1 saturated carbocycles. The molecule has 0 spiro atoms. The molecular formula is C16H23F2N. The van der Waals surface area contributed by atoms with Crippen molar-refractivity contribution < 1.29 is 8.78 Å². The third kappa shape index (κ3) is 3.75. The van der Waals surface area contributed by atoms with E-state index >= 15 is 0 Å². The molecular weight excluding hydrogens is 244 g/mol. The lowest BCUT2D eigenvalue weighted by atomic mass is 9.77. The van der Waals surface area contributed by atoms with Crippen molar-refractivity contribution in [3.8, 4) is 0 Å². The molecule has 0 radical (unpaired) electrons. The fourth-order valence-electron chi connectivity index (χ4n) is 3.26. The highest BCUT2D eigenvalue weighted by Crippen LogP contribution is 2.44. The summed E-state index contributed by atoms with van der Waals surface area (Å²) in [6, 6.07) is 3.93. The normalized spacial score (nSPS) is 17.8. The van der Waals surface area contributed by atoms with Gasteiger partial charge in [-0.15, -0.1) is 0 Å². The van der Waals surface area contributed by atoms with Gasteiger partial charge in [-0.1, -0.05) is 18.9 Å². The minimum absolute atomic E-state index is 0.365. The molecule has 0 atom stereocenters. The van der Waals surface area contributed by atoms with E-state index in [-0.39, 0.29) is 0 Å². The Hall–Kier alpha value is -0.960. The second kappa shape index (κ2) is 6.47. The Balaban J connectivity index is 1.98. The molecule has 1 aliphatic rings. The van der Waals surface area contributed by atoms with E-state index < -0.39 is 11.6 Å². The van der Waals surface area contributed by atoms with Crippen molar-refractivity contribution in [1.29, 1.82) is 0 Å². The first kappa shape index (κ1) is 14.4. The predicted octanol–water partition coefficient (Wildman–Crippen LogP) is 4.07. The van der Waals surface area contributed by atoms with E-state index in [0.29, 0.717) is 11.0 Å². The molecule has 0 unspecified atom stereocenters. The van der Waals surface area contributed by atoms with E-state index in [1.807, 2.05) is 7.05 Å². The molecule has 1 aliphatic carbocycles. The van der Waals surface area contributed by atoms with Gasteiger partial charge in [0.2, 0.25) is 0 Å². The Morgan fingerprint density at radius 2 is 1.89 bits per heavy atom. The van der Waals surface area contributed by atoms with Crippen LogP contribution in [0.4, 0.5) is 8.78 Å². The first-order valence-corrected chi connectivity index (χ1v) is 7.24. The fraction of sp³-hybridized carbons (Fsp3) is 0.625. The van der Waals surface area contributed by atoms with Gasteiger partial charge >= 0.3 is 0 Å². The summed E-state index contributed by atoms with van der Waals surface area (Å²) in [5, 5.41) is 3.21. The summed E-state index contributed by atoms with van der Waals surface area (Å²) < 4.78 is 26.5. The lowest BCUT2D eigenvalue weighted by Crippen LogP contribution is -2.23. The molecule has 106 valence electrons. The first-order valence-electron chi connectivity index (χ1n) is 7.24. The quantitative estimate of drug-likeness (QED) is 0.819. The molecule has 0 bridgehead atoms. The van der Waals surface area contributed by atoms with E-state index in [1.165, 1.54) is 31.7 Å². The van der Waals surface area contributed by atoms with Gasteiger partial charge in [-0.05, 0) is 62.7 Å². The van der Waals surface area contributed by atoms with Crippen molar-refractivity contribution in [3.05, 3.63) is 35.4 Å². The summed E-state index contributed by atoms with van der Waals surface area (Å²) in [7, 11) is 1.97. The molecule has 0 saturated heterocycles. The molecule has 0 aromatic heterocycles. The highest BCUT2D eigenvalue weighted by molar-refractivity contribution is 5.19. The van der Waals surface area contributed by atoms with E-state index in [1.54, 1.807) is 6.07 Å². The van der Waals surface area contributed by atoms with Gasteiger partial charge in [0, 0.05) is 6.07 Å². The maximum atomic E-state index is 13.6. The van der Waals surface area contributed by atoms with Crippen LogP contribution in [-0.4, -0.2) is 13.6 Å². The topological polar surface area (TPSA) is 12.0 Å². The number of halogens is 2. The Morgan fingerprint density at radius 1 is 1.16 bits per heavy atom. The van der Waals surface area contributed by atoms with Gasteiger partial charge in [0.15, 0.2) is 0 Å². The van der Waals surface area contributed by atoms with Crippen LogP contribution in [0.15, 0.2) is 18.2 Å². The third-order valence-electron chi connectivity index (χ3n) is 4.51. The third-order valence-corrected chi connectivity index (χ3v) is 4.51. The molecule has 0 aliphatic heterocycles. The standard InChI is InChI=1S/C16H23F2N/c1-19-11-10-16(7-2-3-8-16)9-6-13-4-5-14(17)12-15(13)18/h4-5,12,19H,2-3,6-11H2,1H3. The molecule has 3 heteroatoms. The van der Waals surface area contributed by atoms with Crippen LogP contribution < -0.4 is 5.32 Å². The molecule has 2 rings (SSSR count). The summed E-state index contributed by atoms with van der Waals surface area (Å²) in [4.78, 5) is 0. The lowest BCUT2D eigenvalue weighted by Gasteiger charge is -2.29. The molecule has 1 aromatic rings. The van der Waals surface area contributed by atoms with Gasteiger partial charge in [0.25, 0.3) is 0 Å². The summed E-state index contributed by atoms with van der Waals surface area (Å²) in [5.74, 6) is -0.895. The molecule has 19 heavy (non-hydrogen) atoms. The second-order valence-corrected chi connectivity index (χ2v) is 5.80. The zero-order valence-corrected chi connectivity index (χ0v) is 11.6. The number of nitrogens with one attached hydrogen (secondary N) is 1. The van der Waals surface area contributed by atoms with Crippen LogP contribution in [-0.2, 0) is 6.42 Å². The van der Waals surface area contributed by atoms with E-state index in [9.17, 15) is 8.78 Å². The number of rotatable bonds is 6. The fourth-order valence-corrected chi connectivity index (χ4v) is 3.26. The molecule has 0 amide bonds. The molecule has 1 nitrogen and oxygen atoms in total. The average molecular weight is 267 g/mol. The van der Waals surface area contributed by atoms with Crippen molar-refractivity contribution in [2.24, 2.45) is 5.41 Å². The highest BCUT2D eigenvalue weighted by Gasteiger charge is 2.32. The van der Waals surface area contributed by atoms with Gasteiger partial charge in [-0.2, -0.15) is 0 Å². The largest absolute Gasteiger partial charge is 0.320 e. The zero-order chi connectivity index (χ0) is 13.7. The van der Waals surface area contributed by atoms with Crippen molar-refractivity contribution in [2.45, 2.75) is 44.9 Å².